The van der Waals surface area contributed by atoms with Gasteiger partial charge in [-0.15, -0.1) is 0 Å². The summed E-state index contributed by atoms with van der Waals surface area (Å²) in [6.07, 6.45) is 3.00. The molecule has 2 heterocycles. The monoisotopic (exact) mass is 363 g/mol. The topological polar surface area (TPSA) is 64.8 Å². The van der Waals surface area contributed by atoms with E-state index in [1.54, 1.807) is 24.7 Å². The highest BCUT2D eigenvalue weighted by atomic mass is 79.9. The van der Waals surface area contributed by atoms with Crippen molar-refractivity contribution in [3.05, 3.63) is 28.1 Å². The molecule has 8 heteroatoms. The van der Waals surface area contributed by atoms with Crippen LogP contribution in [0.4, 0.5) is 0 Å². The average Bonchev–Trinajstić information content (AvgIpc) is 2.70. The van der Waals surface area contributed by atoms with Gasteiger partial charge in [-0.25, -0.2) is 13.4 Å². The van der Waals surface area contributed by atoms with Crippen LogP contribution in [-0.4, -0.2) is 28.7 Å². The number of nitrogens with zero attached hydrogens (tertiary/aromatic N) is 3. The Kier molecular flexibility index (Phi) is 3.98. The van der Waals surface area contributed by atoms with Crippen LogP contribution < -0.4 is 0 Å². The molecule has 0 amide bonds. The normalized spacial score (nSPS) is 11.8. The standard InChI is InChI=1S/C11H11BrClN3O2S/c1-3-19(17,18)8-4-7(13)5-14-10(8)11-15-6-9(12)16(11)2/h4-6H,3H2,1-2H3. The first-order chi connectivity index (χ1) is 8.86. The summed E-state index contributed by atoms with van der Waals surface area (Å²) in [7, 11) is -1.65. The molecule has 0 fully saturated rings. The van der Waals surface area contributed by atoms with Crippen molar-refractivity contribution in [3.8, 4) is 11.5 Å². The SMILES string of the molecule is CCS(=O)(=O)c1cc(Cl)cnc1-c1ncc(Br)n1C. The summed E-state index contributed by atoms with van der Waals surface area (Å²) in [5.74, 6) is 0.448. The highest BCUT2D eigenvalue weighted by molar-refractivity contribution is 9.10. The van der Waals surface area contributed by atoms with Gasteiger partial charge in [0.2, 0.25) is 0 Å². The predicted molar refractivity (Wildman–Crippen MR) is 76.9 cm³/mol. The highest BCUT2D eigenvalue weighted by Crippen LogP contribution is 2.28. The van der Waals surface area contributed by atoms with E-state index in [2.05, 4.69) is 25.9 Å². The molecule has 0 aliphatic carbocycles. The van der Waals surface area contributed by atoms with Crippen molar-refractivity contribution in [1.82, 2.24) is 14.5 Å². The van der Waals surface area contributed by atoms with Gasteiger partial charge in [-0.1, -0.05) is 18.5 Å². The van der Waals surface area contributed by atoms with Crippen LogP contribution in [0, 0.1) is 0 Å². The number of hydrogen-bond acceptors (Lipinski definition) is 4. The summed E-state index contributed by atoms with van der Waals surface area (Å²) < 4.78 is 26.7. The largest absolute Gasteiger partial charge is 0.321 e. The summed E-state index contributed by atoms with van der Waals surface area (Å²) in [5, 5.41) is 0.282. The summed E-state index contributed by atoms with van der Waals surface area (Å²) in [6, 6.07) is 1.41. The Morgan fingerprint density at radius 3 is 2.58 bits per heavy atom. The minimum atomic E-state index is -3.42. The first-order valence-corrected chi connectivity index (χ1v) is 8.25. The molecule has 0 unspecified atom stereocenters. The maximum atomic E-state index is 12.1. The van der Waals surface area contributed by atoms with Gasteiger partial charge in [-0.3, -0.25) is 4.98 Å². The number of aromatic nitrogens is 3. The third-order valence-electron chi connectivity index (χ3n) is 2.68. The second-order valence-corrected chi connectivity index (χ2v) is 7.36. The van der Waals surface area contributed by atoms with Gasteiger partial charge in [-0.05, 0) is 22.0 Å². The van der Waals surface area contributed by atoms with Crippen LogP contribution in [0.2, 0.25) is 5.02 Å². The van der Waals surface area contributed by atoms with Crippen molar-refractivity contribution in [3.63, 3.8) is 0 Å². The van der Waals surface area contributed by atoms with Crippen LogP contribution in [0.3, 0.4) is 0 Å². The number of pyridine rings is 1. The lowest BCUT2D eigenvalue weighted by Gasteiger charge is -2.09. The number of hydrogen-bond donors (Lipinski definition) is 0. The molecule has 0 saturated carbocycles. The summed E-state index contributed by atoms with van der Waals surface area (Å²) in [4.78, 5) is 8.39. The van der Waals surface area contributed by atoms with Crippen molar-refractivity contribution in [2.24, 2.45) is 7.05 Å². The third kappa shape index (κ3) is 2.68. The van der Waals surface area contributed by atoms with E-state index in [0.717, 1.165) is 4.60 Å². The highest BCUT2D eigenvalue weighted by Gasteiger charge is 2.22. The van der Waals surface area contributed by atoms with Crippen LogP contribution in [0.15, 0.2) is 28.0 Å². The Labute approximate surface area is 124 Å². The van der Waals surface area contributed by atoms with Crippen molar-refractivity contribution in [2.45, 2.75) is 11.8 Å². The van der Waals surface area contributed by atoms with Crippen LogP contribution in [0.25, 0.3) is 11.5 Å². The number of halogens is 2. The summed E-state index contributed by atoms with van der Waals surface area (Å²) in [6.45, 7) is 1.58. The molecule has 0 radical (unpaired) electrons. The van der Waals surface area contributed by atoms with E-state index in [-0.39, 0.29) is 15.7 Å². The molecule has 5 nitrogen and oxygen atoms in total. The molecule has 0 N–H and O–H groups in total. The van der Waals surface area contributed by atoms with Crippen LogP contribution in [0.1, 0.15) is 6.92 Å². The first kappa shape index (κ1) is 14.5. The third-order valence-corrected chi connectivity index (χ3v) is 5.36. The number of sulfone groups is 1. The molecule has 2 aromatic rings. The molecule has 2 rings (SSSR count). The Balaban J connectivity index is 2.75. The van der Waals surface area contributed by atoms with Gasteiger partial charge in [0.15, 0.2) is 15.7 Å². The van der Waals surface area contributed by atoms with E-state index < -0.39 is 9.84 Å². The second kappa shape index (κ2) is 5.22. The second-order valence-electron chi connectivity index (χ2n) is 3.87. The van der Waals surface area contributed by atoms with E-state index in [1.807, 2.05) is 0 Å². The molecule has 0 spiro atoms. The lowest BCUT2D eigenvalue weighted by atomic mass is 10.3. The Bertz CT molecular complexity index is 728. The minimum Gasteiger partial charge on any atom is -0.321 e. The quantitative estimate of drug-likeness (QED) is 0.840. The summed E-state index contributed by atoms with van der Waals surface area (Å²) >= 11 is 9.17. The van der Waals surface area contributed by atoms with Gasteiger partial charge in [-0.2, -0.15) is 0 Å². The van der Waals surface area contributed by atoms with Gasteiger partial charge in [0, 0.05) is 13.2 Å². The molecule has 0 aliphatic heterocycles. The van der Waals surface area contributed by atoms with Crippen LogP contribution in [0.5, 0.6) is 0 Å². The van der Waals surface area contributed by atoms with Gasteiger partial charge in [0.05, 0.1) is 21.9 Å². The number of rotatable bonds is 3. The summed E-state index contributed by atoms with van der Waals surface area (Å²) in [5.41, 5.74) is 0.305. The zero-order chi connectivity index (χ0) is 14.2. The maximum absolute atomic E-state index is 12.1. The van der Waals surface area contributed by atoms with Gasteiger partial charge in [0.1, 0.15) is 10.3 Å². The predicted octanol–water partition coefficient (Wildman–Crippen LogP) is 2.69. The van der Waals surface area contributed by atoms with Crippen molar-refractivity contribution in [2.75, 3.05) is 5.75 Å². The van der Waals surface area contributed by atoms with E-state index in [9.17, 15) is 8.42 Å². The molecule has 102 valence electrons. The fourth-order valence-electron chi connectivity index (χ4n) is 1.59. The lowest BCUT2D eigenvalue weighted by Crippen LogP contribution is -2.08. The zero-order valence-electron chi connectivity index (χ0n) is 10.3. The Hall–Kier alpha value is -0.920. The van der Waals surface area contributed by atoms with Gasteiger partial charge < -0.3 is 4.57 Å². The average molecular weight is 365 g/mol. The maximum Gasteiger partial charge on any atom is 0.180 e. The van der Waals surface area contributed by atoms with Crippen molar-refractivity contribution < 1.29 is 8.42 Å². The van der Waals surface area contributed by atoms with Crippen LogP contribution in [-0.2, 0) is 16.9 Å². The zero-order valence-corrected chi connectivity index (χ0v) is 13.4. The Morgan fingerprint density at radius 2 is 2.05 bits per heavy atom. The fraction of sp³-hybridized carbons (Fsp3) is 0.273. The first-order valence-electron chi connectivity index (χ1n) is 5.42. The molecule has 19 heavy (non-hydrogen) atoms. The molecule has 0 saturated heterocycles. The molecule has 0 bridgehead atoms. The minimum absolute atomic E-state index is 0.0202. The van der Waals surface area contributed by atoms with E-state index >= 15 is 0 Å². The van der Waals surface area contributed by atoms with Crippen molar-refractivity contribution >= 4 is 37.4 Å². The van der Waals surface area contributed by atoms with E-state index in [1.165, 1.54) is 12.3 Å². The molecule has 0 aromatic carbocycles. The molecule has 0 atom stereocenters. The van der Waals surface area contributed by atoms with Gasteiger partial charge >= 0.3 is 0 Å². The Morgan fingerprint density at radius 1 is 1.37 bits per heavy atom. The van der Waals surface area contributed by atoms with Gasteiger partial charge in [0.25, 0.3) is 0 Å². The molecule has 0 aliphatic rings. The molecular formula is C11H11BrClN3O2S. The fourth-order valence-corrected chi connectivity index (χ4v) is 3.14. The van der Waals surface area contributed by atoms with E-state index in [0.29, 0.717) is 11.5 Å². The van der Waals surface area contributed by atoms with Crippen LogP contribution >= 0.6 is 27.5 Å². The number of imidazole rings is 1. The molecular weight excluding hydrogens is 354 g/mol. The lowest BCUT2D eigenvalue weighted by molar-refractivity contribution is 0.597. The molecule has 2 aromatic heterocycles. The van der Waals surface area contributed by atoms with Crippen molar-refractivity contribution in [1.29, 1.82) is 0 Å². The van der Waals surface area contributed by atoms with E-state index in [4.69, 9.17) is 11.6 Å². The smallest absolute Gasteiger partial charge is 0.180 e.